The number of methoxy groups -OCH3 is 1. The molecule has 1 aliphatic rings. The number of amides is 1. The Morgan fingerprint density at radius 1 is 1.58 bits per heavy atom. The third kappa shape index (κ3) is 3.33. The molecule has 0 radical (unpaired) electrons. The van der Waals surface area contributed by atoms with Crippen LogP contribution in [0.25, 0.3) is 0 Å². The SMILES string of the molecule is COc1cc(Cl)nc(NC(=O)C2(C)CCCNC2)n1. The van der Waals surface area contributed by atoms with E-state index in [2.05, 4.69) is 20.6 Å². The Labute approximate surface area is 116 Å². The molecule has 0 aliphatic carbocycles. The van der Waals surface area contributed by atoms with E-state index in [4.69, 9.17) is 16.3 Å². The number of nitrogens with zero attached hydrogens (tertiary/aromatic N) is 2. The molecule has 6 nitrogen and oxygen atoms in total. The quantitative estimate of drug-likeness (QED) is 0.822. The van der Waals surface area contributed by atoms with Crippen LogP contribution in [0.5, 0.6) is 5.88 Å². The molecule has 2 heterocycles. The van der Waals surface area contributed by atoms with E-state index in [1.807, 2.05) is 6.92 Å². The van der Waals surface area contributed by atoms with Crippen molar-refractivity contribution in [1.82, 2.24) is 15.3 Å². The van der Waals surface area contributed by atoms with E-state index in [-0.39, 0.29) is 17.0 Å². The minimum Gasteiger partial charge on any atom is -0.481 e. The van der Waals surface area contributed by atoms with Crippen LogP contribution in [0.15, 0.2) is 6.07 Å². The van der Waals surface area contributed by atoms with Crippen molar-refractivity contribution in [3.8, 4) is 5.88 Å². The van der Waals surface area contributed by atoms with Gasteiger partial charge in [0.25, 0.3) is 0 Å². The lowest BCUT2D eigenvalue weighted by Crippen LogP contribution is -2.46. The van der Waals surface area contributed by atoms with Crippen LogP contribution in [-0.4, -0.2) is 36.1 Å². The molecule has 0 spiro atoms. The number of hydrogen-bond donors (Lipinski definition) is 2. The summed E-state index contributed by atoms with van der Waals surface area (Å²) in [6.07, 6.45) is 1.81. The summed E-state index contributed by atoms with van der Waals surface area (Å²) in [7, 11) is 1.48. The van der Waals surface area contributed by atoms with Crippen LogP contribution in [0.2, 0.25) is 5.15 Å². The smallest absolute Gasteiger partial charge is 0.234 e. The van der Waals surface area contributed by atoms with E-state index in [1.165, 1.54) is 13.2 Å². The van der Waals surface area contributed by atoms with Gasteiger partial charge in [-0.15, -0.1) is 0 Å². The third-order valence-corrected chi connectivity index (χ3v) is 3.44. The van der Waals surface area contributed by atoms with E-state index in [9.17, 15) is 4.79 Å². The molecule has 0 aromatic carbocycles. The van der Waals surface area contributed by atoms with Gasteiger partial charge in [0.05, 0.1) is 12.5 Å². The maximum Gasteiger partial charge on any atom is 0.234 e. The molecular weight excluding hydrogens is 268 g/mol. The number of carbonyl (C=O) groups is 1. The Kier molecular flexibility index (Phi) is 4.21. The average Bonchev–Trinajstić information content (AvgIpc) is 2.38. The van der Waals surface area contributed by atoms with E-state index in [0.717, 1.165) is 19.4 Å². The number of aromatic nitrogens is 2. The Morgan fingerprint density at radius 2 is 2.37 bits per heavy atom. The zero-order valence-corrected chi connectivity index (χ0v) is 11.8. The number of hydrogen-bond acceptors (Lipinski definition) is 5. The Bertz CT molecular complexity index is 475. The first kappa shape index (κ1) is 14.0. The summed E-state index contributed by atoms with van der Waals surface area (Å²) in [6.45, 7) is 3.52. The predicted octanol–water partition coefficient (Wildman–Crippen LogP) is 1.47. The van der Waals surface area contributed by atoms with E-state index in [0.29, 0.717) is 12.4 Å². The van der Waals surface area contributed by atoms with Crippen molar-refractivity contribution in [2.45, 2.75) is 19.8 Å². The van der Waals surface area contributed by atoms with Gasteiger partial charge in [0.15, 0.2) is 0 Å². The van der Waals surface area contributed by atoms with Crippen molar-refractivity contribution in [2.24, 2.45) is 5.41 Å². The molecular formula is C12H17ClN4O2. The summed E-state index contributed by atoms with van der Waals surface area (Å²) in [6, 6.07) is 1.49. The van der Waals surface area contributed by atoms with Crippen molar-refractivity contribution in [3.63, 3.8) is 0 Å². The van der Waals surface area contributed by atoms with Crippen LogP contribution in [0.3, 0.4) is 0 Å². The van der Waals surface area contributed by atoms with Gasteiger partial charge in [0.1, 0.15) is 5.15 Å². The van der Waals surface area contributed by atoms with Crippen molar-refractivity contribution in [1.29, 1.82) is 0 Å². The molecule has 1 fully saturated rings. The number of nitrogens with one attached hydrogen (secondary N) is 2. The van der Waals surface area contributed by atoms with Gasteiger partial charge in [-0.3, -0.25) is 10.1 Å². The fourth-order valence-corrected chi connectivity index (χ4v) is 2.23. The number of rotatable bonds is 3. The van der Waals surface area contributed by atoms with Crippen molar-refractivity contribution >= 4 is 23.5 Å². The maximum atomic E-state index is 12.3. The summed E-state index contributed by atoms with van der Waals surface area (Å²) in [5, 5.41) is 6.16. The molecule has 1 saturated heterocycles. The first-order chi connectivity index (χ1) is 9.03. The first-order valence-corrected chi connectivity index (χ1v) is 6.52. The van der Waals surface area contributed by atoms with E-state index < -0.39 is 5.41 Å². The van der Waals surface area contributed by atoms with Crippen LogP contribution < -0.4 is 15.4 Å². The molecule has 1 amide bonds. The van der Waals surface area contributed by atoms with Gasteiger partial charge in [-0.25, -0.2) is 4.98 Å². The Balaban J connectivity index is 2.12. The Hall–Kier alpha value is -1.40. The minimum atomic E-state index is -0.447. The summed E-state index contributed by atoms with van der Waals surface area (Å²) >= 11 is 5.84. The summed E-state index contributed by atoms with van der Waals surface area (Å²) in [5.41, 5.74) is -0.447. The molecule has 2 N–H and O–H groups in total. The molecule has 1 aromatic rings. The minimum absolute atomic E-state index is 0.107. The van der Waals surface area contributed by atoms with Gasteiger partial charge in [0, 0.05) is 12.6 Å². The van der Waals surface area contributed by atoms with Gasteiger partial charge < -0.3 is 10.1 Å². The van der Waals surface area contributed by atoms with Crippen LogP contribution in [0.4, 0.5) is 5.95 Å². The lowest BCUT2D eigenvalue weighted by atomic mass is 9.82. The highest BCUT2D eigenvalue weighted by atomic mass is 35.5. The average molecular weight is 285 g/mol. The highest BCUT2D eigenvalue weighted by Gasteiger charge is 2.35. The molecule has 7 heteroatoms. The van der Waals surface area contributed by atoms with Crippen LogP contribution in [-0.2, 0) is 4.79 Å². The number of halogens is 1. The molecule has 1 aromatic heterocycles. The summed E-state index contributed by atoms with van der Waals surface area (Å²) < 4.78 is 4.99. The van der Waals surface area contributed by atoms with Crippen molar-refractivity contribution < 1.29 is 9.53 Å². The van der Waals surface area contributed by atoms with Crippen LogP contribution in [0.1, 0.15) is 19.8 Å². The molecule has 1 aliphatic heterocycles. The fraction of sp³-hybridized carbons (Fsp3) is 0.583. The molecule has 0 bridgehead atoms. The molecule has 0 saturated carbocycles. The van der Waals surface area contributed by atoms with Crippen molar-refractivity contribution in [3.05, 3.63) is 11.2 Å². The second-order valence-electron chi connectivity index (χ2n) is 4.85. The number of anilines is 1. The number of carbonyl (C=O) groups excluding carboxylic acids is 1. The van der Waals surface area contributed by atoms with Crippen LogP contribution >= 0.6 is 11.6 Å². The highest BCUT2D eigenvalue weighted by molar-refractivity contribution is 6.29. The third-order valence-electron chi connectivity index (χ3n) is 3.25. The van der Waals surface area contributed by atoms with Crippen molar-refractivity contribution in [2.75, 3.05) is 25.5 Å². The van der Waals surface area contributed by atoms with Gasteiger partial charge in [-0.2, -0.15) is 4.98 Å². The lowest BCUT2D eigenvalue weighted by Gasteiger charge is -2.32. The zero-order valence-electron chi connectivity index (χ0n) is 11.0. The number of ether oxygens (including phenoxy) is 1. The molecule has 1 atom stereocenters. The molecule has 2 rings (SSSR count). The van der Waals surface area contributed by atoms with Gasteiger partial charge in [-0.05, 0) is 26.3 Å². The standard InChI is InChI=1S/C12H17ClN4O2/c1-12(4-3-5-14-7-12)10(18)17-11-15-8(13)6-9(16-11)19-2/h6,14H,3-5,7H2,1-2H3,(H,15,16,17,18). The van der Waals surface area contributed by atoms with E-state index in [1.54, 1.807) is 0 Å². The highest BCUT2D eigenvalue weighted by Crippen LogP contribution is 2.27. The Morgan fingerprint density at radius 3 is 3.00 bits per heavy atom. The maximum absolute atomic E-state index is 12.3. The van der Waals surface area contributed by atoms with Gasteiger partial charge in [-0.1, -0.05) is 11.6 Å². The largest absolute Gasteiger partial charge is 0.481 e. The van der Waals surface area contributed by atoms with Gasteiger partial charge in [0.2, 0.25) is 17.7 Å². The summed E-state index contributed by atoms with van der Waals surface area (Å²) in [5.74, 6) is 0.382. The second-order valence-corrected chi connectivity index (χ2v) is 5.24. The van der Waals surface area contributed by atoms with E-state index >= 15 is 0 Å². The topological polar surface area (TPSA) is 76.1 Å². The molecule has 1 unspecified atom stereocenters. The lowest BCUT2D eigenvalue weighted by molar-refractivity contribution is -0.125. The second kappa shape index (κ2) is 5.71. The van der Waals surface area contributed by atoms with Gasteiger partial charge >= 0.3 is 0 Å². The fourth-order valence-electron chi connectivity index (χ4n) is 2.06. The molecule has 19 heavy (non-hydrogen) atoms. The monoisotopic (exact) mass is 284 g/mol. The normalized spacial score (nSPS) is 22.9. The van der Waals surface area contributed by atoms with Crippen LogP contribution in [0, 0.1) is 5.41 Å². The first-order valence-electron chi connectivity index (χ1n) is 6.14. The zero-order chi connectivity index (χ0) is 13.9. The molecule has 104 valence electrons. The number of piperidine rings is 1. The summed E-state index contributed by atoms with van der Waals surface area (Å²) in [4.78, 5) is 20.3. The predicted molar refractivity (Wildman–Crippen MR) is 72.4 cm³/mol.